The molecule has 1 aromatic carbocycles. The number of aromatic nitrogens is 1. The minimum Gasteiger partial charge on any atom is -0.497 e. The third-order valence-corrected chi connectivity index (χ3v) is 3.23. The van der Waals surface area contributed by atoms with Crippen LogP contribution in [0.1, 0.15) is 28.4 Å². The second kappa shape index (κ2) is 6.74. The van der Waals surface area contributed by atoms with Gasteiger partial charge in [0.1, 0.15) is 11.3 Å². The number of aromatic amines is 1. The zero-order valence-electron chi connectivity index (χ0n) is 12.1. The van der Waals surface area contributed by atoms with E-state index in [4.69, 9.17) is 4.74 Å². The minimum absolute atomic E-state index is 0.142. The number of methoxy groups -OCH3 is 1. The maximum Gasteiger partial charge on any atom is 0.260 e. The molecule has 2 aromatic rings. The Bertz CT molecular complexity index is 675. The summed E-state index contributed by atoms with van der Waals surface area (Å²) in [6.45, 7) is 2.32. The number of nitrogens with one attached hydrogen (secondary N) is 2. The Morgan fingerprint density at radius 2 is 1.95 bits per heavy atom. The summed E-state index contributed by atoms with van der Waals surface area (Å²) in [7, 11) is 1.60. The van der Waals surface area contributed by atoms with E-state index in [0.29, 0.717) is 6.54 Å². The van der Waals surface area contributed by atoms with Crippen LogP contribution in [0.15, 0.2) is 41.3 Å². The van der Waals surface area contributed by atoms with Crippen molar-refractivity contribution >= 4 is 5.91 Å². The first-order valence-electron chi connectivity index (χ1n) is 6.76. The Kier molecular flexibility index (Phi) is 4.77. The predicted octanol–water partition coefficient (Wildman–Crippen LogP) is 1.88. The lowest BCUT2D eigenvalue weighted by atomic mass is 10.1. The lowest BCUT2D eigenvalue weighted by Gasteiger charge is -2.07. The lowest BCUT2D eigenvalue weighted by molar-refractivity contribution is 0.0949. The highest BCUT2D eigenvalue weighted by molar-refractivity contribution is 5.93. The molecule has 0 bridgehead atoms. The molecular weight excluding hydrogens is 268 g/mol. The number of amides is 1. The fourth-order valence-electron chi connectivity index (χ4n) is 1.92. The molecule has 0 radical (unpaired) electrons. The van der Waals surface area contributed by atoms with E-state index < -0.39 is 0 Å². The molecular formula is C16H18N2O3. The van der Waals surface area contributed by atoms with Crippen molar-refractivity contribution in [3.05, 3.63) is 63.6 Å². The maximum absolute atomic E-state index is 12.1. The summed E-state index contributed by atoms with van der Waals surface area (Å²) in [5.74, 6) is 0.388. The fraction of sp³-hybridized carbons (Fsp3) is 0.250. The van der Waals surface area contributed by atoms with Crippen LogP contribution in [0.3, 0.4) is 0 Å². The van der Waals surface area contributed by atoms with Crippen LogP contribution in [0.5, 0.6) is 5.75 Å². The topological polar surface area (TPSA) is 71.2 Å². The van der Waals surface area contributed by atoms with Gasteiger partial charge in [0.2, 0.25) is 0 Å². The molecule has 0 aliphatic rings. The van der Waals surface area contributed by atoms with Gasteiger partial charge in [-0.25, -0.2) is 0 Å². The monoisotopic (exact) mass is 286 g/mol. The molecule has 0 saturated carbocycles. The highest BCUT2D eigenvalue weighted by atomic mass is 16.5. The molecule has 0 aliphatic heterocycles. The van der Waals surface area contributed by atoms with Gasteiger partial charge in [-0.1, -0.05) is 19.1 Å². The summed E-state index contributed by atoms with van der Waals surface area (Å²) >= 11 is 0. The highest BCUT2D eigenvalue weighted by Gasteiger charge is 2.10. The van der Waals surface area contributed by atoms with Crippen molar-refractivity contribution in [1.82, 2.24) is 10.3 Å². The molecule has 0 spiro atoms. The van der Waals surface area contributed by atoms with E-state index >= 15 is 0 Å². The standard InChI is InChI=1S/C16H18N2O3/c1-3-11-8-14(15(19)17-9-11)16(20)18-10-12-4-6-13(21-2)7-5-12/h4-9H,3,10H2,1-2H3,(H,17,19)(H,18,20). The number of carbonyl (C=O) groups is 1. The van der Waals surface area contributed by atoms with Crippen LogP contribution in [0.4, 0.5) is 0 Å². The van der Waals surface area contributed by atoms with E-state index in [0.717, 1.165) is 23.3 Å². The number of hydrogen-bond acceptors (Lipinski definition) is 3. The summed E-state index contributed by atoms with van der Waals surface area (Å²) in [5.41, 5.74) is 1.62. The number of aryl methyl sites for hydroxylation is 1. The van der Waals surface area contributed by atoms with Crippen molar-refractivity contribution in [3.63, 3.8) is 0 Å². The minimum atomic E-state index is -0.376. The molecule has 1 amide bonds. The molecule has 0 saturated heterocycles. The Morgan fingerprint density at radius 3 is 2.57 bits per heavy atom. The van der Waals surface area contributed by atoms with Gasteiger partial charge in [-0.15, -0.1) is 0 Å². The van der Waals surface area contributed by atoms with Crippen molar-refractivity contribution in [2.45, 2.75) is 19.9 Å². The van der Waals surface area contributed by atoms with Gasteiger partial charge in [0.05, 0.1) is 7.11 Å². The smallest absolute Gasteiger partial charge is 0.260 e. The molecule has 1 heterocycles. The average molecular weight is 286 g/mol. The van der Waals surface area contributed by atoms with E-state index in [2.05, 4.69) is 10.3 Å². The molecule has 5 nitrogen and oxygen atoms in total. The zero-order chi connectivity index (χ0) is 15.2. The van der Waals surface area contributed by atoms with Gasteiger partial charge >= 0.3 is 0 Å². The van der Waals surface area contributed by atoms with Gasteiger partial charge in [-0.2, -0.15) is 0 Å². The third-order valence-electron chi connectivity index (χ3n) is 3.23. The van der Waals surface area contributed by atoms with Gasteiger partial charge in [-0.05, 0) is 35.7 Å². The molecule has 0 unspecified atom stereocenters. The van der Waals surface area contributed by atoms with Crippen LogP contribution in [-0.2, 0) is 13.0 Å². The van der Waals surface area contributed by atoms with Crippen molar-refractivity contribution in [1.29, 1.82) is 0 Å². The molecule has 21 heavy (non-hydrogen) atoms. The summed E-state index contributed by atoms with van der Waals surface area (Å²) in [6, 6.07) is 9.01. The number of pyridine rings is 1. The first-order valence-corrected chi connectivity index (χ1v) is 6.76. The van der Waals surface area contributed by atoms with E-state index in [1.54, 1.807) is 19.4 Å². The SMILES string of the molecule is CCc1c[nH]c(=O)c(C(=O)NCc2ccc(OC)cc2)c1. The summed E-state index contributed by atoms with van der Waals surface area (Å²) < 4.78 is 5.07. The highest BCUT2D eigenvalue weighted by Crippen LogP contribution is 2.11. The van der Waals surface area contributed by atoms with Gasteiger partial charge in [0.25, 0.3) is 11.5 Å². The van der Waals surface area contributed by atoms with Crippen LogP contribution in [0, 0.1) is 0 Å². The first-order chi connectivity index (χ1) is 10.1. The normalized spacial score (nSPS) is 10.2. The van der Waals surface area contributed by atoms with E-state index in [9.17, 15) is 9.59 Å². The average Bonchev–Trinajstić information content (AvgIpc) is 2.53. The largest absolute Gasteiger partial charge is 0.497 e. The number of H-pyrrole nitrogens is 1. The zero-order valence-corrected chi connectivity index (χ0v) is 12.1. The Balaban J connectivity index is 2.05. The summed E-state index contributed by atoms with van der Waals surface area (Å²) in [6.07, 6.45) is 2.39. The Morgan fingerprint density at radius 1 is 1.24 bits per heavy atom. The summed E-state index contributed by atoms with van der Waals surface area (Å²) in [5, 5.41) is 2.75. The van der Waals surface area contributed by atoms with E-state index in [1.165, 1.54) is 0 Å². The van der Waals surface area contributed by atoms with Crippen LogP contribution in [0.25, 0.3) is 0 Å². The van der Waals surface area contributed by atoms with Gasteiger partial charge in [0, 0.05) is 12.7 Å². The predicted molar refractivity (Wildman–Crippen MR) is 80.6 cm³/mol. The lowest BCUT2D eigenvalue weighted by Crippen LogP contribution is -2.29. The molecule has 1 aromatic heterocycles. The second-order valence-corrected chi connectivity index (χ2v) is 4.64. The second-order valence-electron chi connectivity index (χ2n) is 4.64. The fourth-order valence-corrected chi connectivity index (χ4v) is 1.92. The number of rotatable bonds is 5. The summed E-state index contributed by atoms with van der Waals surface area (Å²) in [4.78, 5) is 26.3. The van der Waals surface area contributed by atoms with E-state index in [-0.39, 0.29) is 17.0 Å². The first kappa shape index (κ1) is 14.8. The number of ether oxygens (including phenoxy) is 1. The Labute approximate surface area is 123 Å². The number of hydrogen-bond donors (Lipinski definition) is 2. The molecule has 2 N–H and O–H groups in total. The molecule has 5 heteroatoms. The molecule has 110 valence electrons. The van der Waals surface area contributed by atoms with Crippen molar-refractivity contribution in [3.8, 4) is 5.75 Å². The number of carbonyl (C=O) groups excluding carboxylic acids is 1. The quantitative estimate of drug-likeness (QED) is 0.881. The van der Waals surface area contributed by atoms with E-state index in [1.807, 2.05) is 31.2 Å². The molecule has 0 atom stereocenters. The van der Waals surface area contributed by atoms with Crippen LogP contribution >= 0.6 is 0 Å². The maximum atomic E-state index is 12.1. The third kappa shape index (κ3) is 3.72. The van der Waals surface area contributed by atoms with Crippen LogP contribution < -0.4 is 15.6 Å². The van der Waals surface area contributed by atoms with Gasteiger partial charge in [0.15, 0.2) is 0 Å². The van der Waals surface area contributed by atoms with Crippen LogP contribution in [-0.4, -0.2) is 18.0 Å². The molecule has 0 aliphatic carbocycles. The van der Waals surface area contributed by atoms with Crippen molar-refractivity contribution in [2.75, 3.05) is 7.11 Å². The van der Waals surface area contributed by atoms with Crippen molar-refractivity contribution in [2.24, 2.45) is 0 Å². The van der Waals surface area contributed by atoms with Crippen molar-refractivity contribution < 1.29 is 9.53 Å². The van der Waals surface area contributed by atoms with Crippen LogP contribution in [0.2, 0.25) is 0 Å². The van der Waals surface area contributed by atoms with Gasteiger partial charge in [-0.3, -0.25) is 9.59 Å². The number of benzene rings is 1. The molecule has 0 fully saturated rings. The molecule has 2 rings (SSSR count). The Hall–Kier alpha value is -2.56. The van der Waals surface area contributed by atoms with Gasteiger partial charge < -0.3 is 15.0 Å².